The number of nitrogens with zero attached hydrogens (tertiary/aromatic N) is 2. The number of hydrogen-bond donors (Lipinski definition) is 1. The summed E-state index contributed by atoms with van der Waals surface area (Å²) in [5, 5.41) is 4.52. The van der Waals surface area contributed by atoms with Crippen LogP contribution in [0.5, 0.6) is 0 Å². The van der Waals surface area contributed by atoms with E-state index in [0.717, 1.165) is 24.3 Å². The molecule has 0 spiro atoms. The fraction of sp³-hybridized carbons (Fsp3) is 0.727. The van der Waals surface area contributed by atoms with Crippen LogP contribution in [0.3, 0.4) is 0 Å². The Morgan fingerprint density at radius 3 is 2.81 bits per heavy atom. The summed E-state index contributed by atoms with van der Waals surface area (Å²) in [7, 11) is 2.02. The standard InChI is InChI=1S/C11H18BrN3S/c1-3-9-11(12)10(15(2)14-9)4-7-5-16-6-8(7)13/h7-8H,3-6,13H2,1-2H3. The molecule has 0 radical (unpaired) electrons. The van der Waals surface area contributed by atoms with Crippen molar-refractivity contribution in [2.75, 3.05) is 11.5 Å². The Morgan fingerprint density at radius 2 is 2.31 bits per heavy atom. The van der Waals surface area contributed by atoms with Crippen molar-refractivity contribution in [1.82, 2.24) is 9.78 Å². The van der Waals surface area contributed by atoms with Gasteiger partial charge < -0.3 is 5.73 Å². The van der Waals surface area contributed by atoms with E-state index in [2.05, 4.69) is 28.0 Å². The molecule has 90 valence electrons. The zero-order chi connectivity index (χ0) is 11.7. The maximum Gasteiger partial charge on any atom is 0.0766 e. The lowest BCUT2D eigenvalue weighted by molar-refractivity contribution is 0.495. The highest BCUT2D eigenvalue weighted by atomic mass is 79.9. The molecule has 16 heavy (non-hydrogen) atoms. The lowest BCUT2D eigenvalue weighted by Gasteiger charge is -2.14. The molecule has 0 saturated carbocycles. The SMILES string of the molecule is CCc1nn(C)c(CC2CSCC2N)c1Br. The second-order valence-corrected chi connectivity index (χ2v) is 6.22. The van der Waals surface area contributed by atoms with E-state index in [0.29, 0.717) is 12.0 Å². The van der Waals surface area contributed by atoms with Crippen LogP contribution < -0.4 is 5.73 Å². The van der Waals surface area contributed by atoms with Crippen molar-refractivity contribution in [3.63, 3.8) is 0 Å². The average molecular weight is 304 g/mol. The summed E-state index contributed by atoms with van der Waals surface area (Å²) in [6.45, 7) is 2.13. The van der Waals surface area contributed by atoms with E-state index < -0.39 is 0 Å². The Hall–Kier alpha value is -0.0000000000000000555. The van der Waals surface area contributed by atoms with Crippen molar-refractivity contribution < 1.29 is 0 Å². The lowest BCUT2D eigenvalue weighted by Crippen LogP contribution is -2.30. The van der Waals surface area contributed by atoms with Gasteiger partial charge in [0.25, 0.3) is 0 Å². The highest BCUT2D eigenvalue weighted by molar-refractivity contribution is 9.10. The molecule has 0 aromatic carbocycles. The summed E-state index contributed by atoms with van der Waals surface area (Å²) in [6, 6.07) is 0.344. The van der Waals surface area contributed by atoms with Crippen LogP contribution in [0.15, 0.2) is 4.47 Å². The highest BCUT2D eigenvalue weighted by Crippen LogP contribution is 2.30. The normalized spacial score (nSPS) is 25.2. The van der Waals surface area contributed by atoms with Crippen molar-refractivity contribution in [2.45, 2.75) is 25.8 Å². The zero-order valence-corrected chi connectivity index (χ0v) is 12.1. The van der Waals surface area contributed by atoms with E-state index in [1.807, 2.05) is 23.5 Å². The molecule has 1 aromatic heterocycles. The fourth-order valence-corrected chi connectivity index (χ4v) is 4.24. The van der Waals surface area contributed by atoms with Gasteiger partial charge in [0.1, 0.15) is 0 Å². The number of hydrogen-bond acceptors (Lipinski definition) is 3. The van der Waals surface area contributed by atoms with Crippen LogP contribution in [0.25, 0.3) is 0 Å². The quantitative estimate of drug-likeness (QED) is 0.928. The molecular formula is C11H18BrN3S. The van der Waals surface area contributed by atoms with Gasteiger partial charge in [0.15, 0.2) is 0 Å². The van der Waals surface area contributed by atoms with Crippen LogP contribution in [0, 0.1) is 5.92 Å². The van der Waals surface area contributed by atoms with Gasteiger partial charge in [0.2, 0.25) is 0 Å². The number of nitrogens with two attached hydrogens (primary N) is 1. The van der Waals surface area contributed by atoms with E-state index in [-0.39, 0.29) is 0 Å². The summed E-state index contributed by atoms with van der Waals surface area (Å²) in [4.78, 5) is 0. The van der Waals surface area contributed by atoms with Gasteiger partial charge in [-0.3, -0.25) is 4.68 Å². The smallest absolute Gasteiger partial charge is 0.0766 e. The molecule has 2 rings (SSSR count). The maximum absolute atomic E-state index is 6.10. The Bertz CT molecular complexity index is 378. The molecule has 1 aliphatic rings. The Balaban J connectivity index is 2.17. The second kappa shape index (κ2) is 5.10. The third-order valence-corrected chi connectivity index (χ3v) is 5.41. The topological polar surface area (TPSA) is 43.8 Å². The summed E-state index contributed by atoms with van der Waals surface area (Å²) >= 11 is 5.62. The summed E-state index contributed by atoms with van der Waals surface area (Å²) in [6.07, 6.45) is 2.01. The minimum Gasteiger partial charge on any atom is -0.327 e. The Morgan fingerprint density at radius 1 is 1.56 bits per heavy atom. The molecule has 2 heterocycles. The lowest BCUT2D eigenvalue weighted by atomic mass is 9.98. The predicted octanol–water partition coefficient (Wildman–Crippen LogP) is 1.98. The molecular weight excluding hydrogens is 286 g/mol. The van der Waals surface area contributed by atoms with Crippen molar-refractivity contribution in [3.8, 4) is 0 Å². The monoisotopic (exact) mass is 303 g/mol. The number of rotatable bonds is 3. The third kappa shape index (κ3) is 2.31. The summed E-state index contributed by atoms with van der Waals surface area (Å²) in [5.41, 5.74) is 8.54. The number of thioether (sulfide) groups is 1. The number of aromatic nitrogens is 2. The van der Waals surface area contributed by atoms with Crippen molar-refractivity contribution in [2.24, 2.45) is 18.7 Å². The van der Waals surface area contributed by atoms with Crippen LogP contribution in [-0.2, 0) is 19.9 Å². The van der Waals surface area contributed by atoms with E-state index in [9.17, 15) is 0 Å². The van der Waals surface area contributed by atoms with Gasteiger partial charge in [-0.1, -0.05) is 6.92 Å². The molecule has 1 fully saturated rings. The second-order valence-electron chi connectivity index (χ2n) is 4.35. The van der Waals surface area contributed by atoms with Crippen LogP contribution in [-0.4, -0.2) is 27.3 Å². The number of aryl methyl sites for hydroxylation is 2. The molecule has 2 N–H and O–H groups in total. The first-order chi connectivity index (χ1) is 7.63. The van der Waals surface area contributed by atoms with Crippen LogP contribution in [0.2, 0.25) is 0 Å². The Labute approximate surface area is 109 Å². The van der Waals surface area contributed by atoms with Gasteiger partial charge in [0, 0.05) is 18.8 Å². The van der Waals surface area contributed by atoms with Crippen molar-refractivity contribution >= 4 is 27.7 Å². The largest absolute Gasteiger partial charge is 0.327 e. The molecule has 3 nitrogen and oxygen atoms in total. The molecule has 2 unspecified atom stereocenters. The van der Waals surface area contributed by atoms with Gasteiger partial charge >= 0.3 is 0 Å². The first-order valence-electron chi connectivity index (χ1n) is 5.67. The molecule has 0 amide bonds. The molecule has 2 atom stereocenters. The maximum atomic E-state index is 6.10. The van der Waals surface area contributed by atoms with E-state index in [1.165, 1.54) is 15.9 Å². The minimum atomic E-state index is 0.344. The molecule has 1 aliphatic heterocycles. The molecule has 1 aromatic rings. The minimum absolute atomic E-state index is 0.344. The van der Waals surface area contributed by atoms with Crippen LogP contribution in [0.1, 0.15) is 18.3 Å². The van der Waals surface area contributed by atoms with Crippen molar-refractivity contribution in [3.05, 3.63) is 15.9 Å². The van der Waals surface area contributed by atoms with Gasteiger partial charge in [0.05, 0.1) is 15.9 Å². The van der Waals surface area contributed by atoms with Gasteiger partial charge in [-0.25, -0.2) is 0 Å². The van der Waals surface area contributed by atoms with Gasteiger partial charge in [-0.15, -0.1) is 0 Å². The first-order valence-corrected chi connectivity index (χ1v) is 7.61. The van der Waals surface area contributed by atoms with Crippen molar-refractivity contribution in [1.29, 1.82) is 0 Å². The van der Waals surface area contributed by atoms with E-state index >= 15 is 0 Å². The van der Waals surface area contributed by atoms with Crippen LogP contribution >= 0.6 is 27.7 Å². The van der Waals surface area contributed by atoms with Gasteiger partial charge in [-0.05, 0) is 40.4 Å². The summed E-state index contributed by atoms with van der Waals surface area (Å²) in [5.74, 6) is 2.88. The third-order valence-electron chi connectivity index (χ3n) is 3.21. The molecule has 0 aliphatic carbocycles. The average Bonchev–Trinajstić information content (AvgIpc) is 2.77. The van der Waals surface area contributed by atoms with E-state index in [4.69, 9.17) is 5.73 Å². The fourth-order valence-electron chi connectivity index (χ4n) is 2.12. The Kier molecular flexibility index (Phi) is 3.97. The van der Waals surface area contributed by atoms with Crippen LogP contribution in [0.4, 0.5) is 0 Å². The molecule has 0 bridgehead atoms. The first kappa shape index (κ1) is 12.5. The molecule has 1 saturated heterocycles. The highest BCUT2D eigenvalue weighted by Gasteiger charge is 2.27. The van der Waals surface area contributed by atoms with E-state index in [1.54, 1.807) is 0 Å². The summed E-state index contributed by atoms with van der Waals surface area (Å²) < 4.78 is 3.18. The number of halogens is 1. The van der Waals surface area contributed by atoms with Gasteiger partial charge in [-0.2, -0.15) is 16.9 Å². The predicted molar refractivity (Wildman–Crippen MR) is 72.8 cm³/mol. The molecule has 5 heteroatoms. The zero-order valence-electron chi connectivity index (χ0n) is 9.74.